The van der Waals surface area contributed by atoms with E-state index in [2.05, 4.69) is 9.36 Å². The molecule has 0 amide bonds. The largest absolute Gasteiger partial charge is 0.229 e. The van der Waals surface area contributed by atoms with E-state index in [0.29, 0.717) is 3.83 Å². The van der Waals surface area contributed by atoms with Crippen LogP contribution in [0.4, 0.5) is 0 Å². The Balaban J connectivity index is 3.21. The minimum atomic E-state index is -3.14. The zero-order valence-corrected chi connectivity index (χ0v) is 8.70. The lowest BCUT2D eigenvalue weighted by Gasteiger charge is -1.83. The van der Waals surface area contributed by atoms with E-state index in [1.807, 2.05) is 22.6 Å². The van der Waals surface area contributed by atoms with E-state index in [1.165, 1.54) is 0 Å². The maximum Gasteiger partial charge on any atom is 0.229 e. The van der Waals surface area contributed by atoms with Crippen LogP contribution in [0.5, 0.6) is 0 Å². The van der Waals surface area contributed by atoms with Crippen molar-refractivity contribution in [2.45, 2.75) is 4.34 Å². The third-order valence-electron chi connectivity index (χ3n) is 0.700. The first-order chi connectivity index (χ1) is 4.50. The molecule has 0 aliphatic rings. The summed E-state index contributed by atoms with van der Waals surface area (Å²) in [6, 6.07) is 0. The SMILES string of the molecule is CS(=O)(=O)c1nc(I)ns1. The number of hydrogen-bond donors (Lipinski definition) is 0. The second-order valence-corrected chi connectivity index (χ2v) is 5.51. The van der Waals surface area contributed by atoms with Gasteiger partial charge >= 0.3 is 0 Å². The molecule has 0 saturated heterocycles. The third kappa shape index (κ3) is 1.86. The molecule has 1 aromatic heterocycles. The Morgan fingerprint density at radius 1 is 1.60 bits per heavy atom. The second-order valence-electron chi connectivity index (χ2n) is 1.60. The Bertz CT molecular complexity index is 330. The summed E-state index contributed by atoms with van der Waals surface area (Å²) < 4.78 is 25.8. The van der Waals surface area contributed by atoms with Gasteiger partial charge in [-0.05, 0) is 11.5 Å². The molecular formula is C3H3IN2O2S2. The van der Waals surface area contributed by atoms with Crippen molar-refractivity contribution in [3.63, 3.8) is 0 Å². The van der Waals surface area contributed by atoms with Crippen molar-refractivity contribution in [1.29, 1.82) is 0 Å². The van der Waals surface area contributed by atoms with E-state index >= 15 is 0 Å². The van der Waals surface area contributed by atoms with Gasteiger partial charge in [-0.25, -0.2) is 8.42 Å². The van der Waals surface area contributed by atoms with Crippen LogP contribution in [0, 0.1) is 3.83 Å². The first-order valence-corrected chi connectivity index (χ1v) is 5.94. The van der Waals surface area contributed by atoms with Gasteiger partial charge in [0.2, 0.25) is 18.0 Å². The normalized spacial score (nSPS) is 11.8. The monoisotopic (exact) mass is 290 g/mol. The number of sulfone groups is 1. The number of rotatable bonds is 1. The highest BCUT2D eigenvalue weighted by Gasteiger charge is 2.12. The van der Waals surface area contributed by atoms with Gasteiger partial charge in [0, 0.05) is 28.8 Å². The van der Waals surface area contributed by atoms with Gasteiger partial charge in [-0.1, -0.05) is 0 Å². The van der Waals surface area contributed by atoms with Crippen LogP contribution in [0.3, 0.4) is 0 Å². The molecule has 0 radical (unpaired) electrons. The van der Waals surface area contributed by atoms with Crippen LogP contribution < -0.4 is 0 Å². The molecule has 0 bridgehead atoms. The summed E-state index contributed by atoms with van der Waals surface area (Å²) in [4.78, 5) is 3.69. The Morgan fingerprint density at radius 2 is 2.20 bits per heavy atom. The molecular weight excluding hydrogens is 287 g/mol. The van der Waals surface area contributed by atoms with Gasteiger partial charge < -0.3 is 0 Å². The molecule has 1 rings (SSSR count). The minimum absolute atomic E-state index is 0.0805. The van der Waals surface area contributed by atoms with Crippen LogP contribution in [-0.2, 0) is 9.84 Å². The molecule has 7 heteroatoms. The predicted octanol–water partition coefficient (Wildman–Crippen LogP) is 0.546. The van der Waals surface area contributed by atoms with Crippen molar-refractivity contribution in [2.75, 3.05) is 6.26 Å². The smallest absolute Gasteiger partial charge is 0.221 e. The van der Waals surface area contributed by atoms with Gasteiger partial charge in [0.25, 0.3) is 0 Å². The summed E-state index contributed by atoms with van der Waals surface area (Å²) in [5.74, 6) is 0. The average molecular weight is 290 g/mol. The van der Waals surface area contributed by atoms with Crippen molar-refractivity contribution < 1.29 is 8.42 Å². The van der Waals surface area contributed by atoms with Crippen LogP contribution in [-0.4, -0.2) is 24.0 Å². The maximum atomic E-state index is 10.8. The van der Waals surface area contributed by atoms with E-state index in [1.54, 1.807) is 0 Å². The summed E-state index contributed by atoms with van der Waals surface area (Å²) in [5.41, 5.74) is 0. The number of nitrogens with zero attached hydrogens (tertiary/aromatic N) is 2. The molecule has 4 nitrogen and oxygen atoms in total. The maximum absolute atomic E-state index is 10.8. The highest BCUT2D eigenvalue weighted by Crippen LogP contribution is 2.11. The summed E-state index contributed by atoms with van der Waals surface area (Å²) in [6.45, 7) is 0. The fourth-order valence-electron chi connectivity index (χ4n) is 0.343. The molecule has 0 fully saturated rings. The highest BCUT2D eigenvalue weighted by molar-refractivity contribution is 14.1. The standard InChI is InChI=1S/C3H3IN2O2S2/c1-10(7,8)3-5-2(4)6-9-3/h1H3. The van der Waals surface area contributed by atoms with Crippen LogP contribution >= 0.6 is 34.1 Å². The van der Waals surface area contributed by atoms with Gasteiger partial charge in [-0.15, -0.1) is 0 Å². The van der Waals surface area contributed by atoms with Crippen molar-refractivity contribution >= 4 is 44.0 Å². The van der Waals surface area contributed by atoms with Gasteiger partial charge in [-0.3, -0.25) is 0 Å². The van der Waals surface area contributed by atoms with Gasteiger partial charge in [-0.2, -0.15) is 9.36 Å². The lowest BCUT2D eigenvalue weighted by Crippen LogP contribution is -1.95. The highest BCUT2D eigenvalue weighted by atomic mass is 127. The quantitative estimate of drug-likeness (QED) is 0.709. The minimum Gasteiger partial charge on any atom is -0.221 e. The molecule has 0 aliphatic heterocycles. The molecule has 1 aromatic rings. The van der Waals surface area contributed by atoms with Gasteiger partial charge in [0.1, 0.15) is 0 Å². The second kappa shape index (κ2) is 2.70. The molecule has 0 aliphatic carbocycles. The Kier molecular flexibility index (Phi) is 2.25. The first-order valence-electron chi connectivity index (χ1n) is 2.19. The topological polar surface area (TPSA) is 59.9 Å². The van der Waals surface area contributed by atoms with E-state index in [0.717, 1.165) is 17.8 Å². The summed E-state index contributed by atoms with van der Waals surface area (Å²) in [5, 5.41) is 0. The zero-order chi connectivity index (χ0) is 7.78. The number of hydrogen-bond acceptors (Lipinski definition) is 5. The molecule has 10 heavy (non-hydrogen) atoms. The lowest BCUT2D eigenvalue weighted by molar-refractivity contribution is 0.601. The van der Waals surface area contributed by atoms with Crippen LogP contribution in [0.15, 0.2) is 4.34 Å². The first kappa shape index (κ1) is 8.34. The van der Waals surface area contributed by atoms with Crippen molar-refractivity contribution in [1.82, 2.24) is 9.36 Å². The fraction of sp³-hybridized carbons (Fsp3) is 0.333. The Labute approximate surface area is 75.9 Å². The lowest BCUT2D eigenvalue weighted by atomic mass is 11.3. The van der Waals surface area contributed by atoms with E-state index < -0.39 is 9.84 Å². The zero-order valence-electron chi connectivity index (χ0n) is 4.91. The van der Waals surface area contributed by atoms with Crippen LogP contribution in [0.2, 0.25) is 0 Å². The fourth-order valence-corrected chi connectivity index (χ4v) is 2.43. The average Bonchev–Trinajstić information content (AvgIpc) is 2.11. The molecule has 56 valence electrons. The van der Waals surface area contributed by atoms with Crippen molar-refractivity contribution in [2.24, 2.45) is 0 Å². The summed E-state index contributed by atoms with van der Waals surface area (Å²) in [7, 11) is -3.14. The summed E-state index contributed by atoms with van der Waals surface area (Å²) in [6.07, 6.45) is 1.11. The molecule has 1 heterocycles. The molecule has 0 N–H and O–H groups in total. The van der Waals surface area contributed by atoms with Crippen molar-refractivity contribution in [3.05, 3.63) is 3.83 Å². The molecule has 0 saturated carbocycles. The van der Waals surface area contributed by atoms with E-state index in [9.17, 15) is 8.42 Å². The molecule has 0 aromatic carbocycles. The number of aromatic nitrogens is 2. The summed E-state index contributed by atoms with van der Waals surface area (Å²) >= 11 is 2.76. The van der Waals surface area contributed by atoms with Crippen LogP contribution in [0.25, 0.3) is 0 Å². The van der Waals surface area contributed by atoms with Gasteiger partial charge in [0.05, 0.1) is 0 Å². The van der Waals surface area contributed by atoms with Crippen LogP contribution in [0.1, 0.15) is 0 Å². The predicted molar refractivity (Wildman–Crippen MR) is 45.7 cm³/mol. The number of halogens is 1. The third-order valence-corrected chi connectivity index (χ3v) is 3.88. The Hall–Kier alpha value is 0.240. The van der Waals surface area contributed by atoms with E-state index in [4.69, 9.17) is 0 Å². The van der Waals surface area contributed by atoms with Crippen molar-refractivity contribution in [3.8, 4) is 0 Å². The Morgan fingerprint density at radius 3 is 2.40 bits per heavy atom. The molecule has 0 spiro atoms. The molecule has 0 unspecified atom stereocenters. The van der Waals surface area contributed by atoms with Gasteiger partial charge in [0.15, 0.2) is 0 Å². The van der Waals surface area contributed by atoms with E-state index in [-0.39, 0.29) is 4.34 Å². The molecule has 0 atom stereocenters.